The number of aromatic amines is 1. The van der Waals surface area contributed by atoms with Crippen molar-refractivity contribution in [1.82, 2.24) is 9.97 Å². The second-order valence-corrected chi connectivity index (χ2v) is 9.37. The number of aromatic hydroxyl groups is 1. The van der Waals surface area contributed by atoms with Gasteiger partial charge in [-0.1, -0.05) is 6.08 Å². The van der Waals surface area contributed by atoms with Crippen LogP contribution >= 0.6 is 0 Å². The van der Waals surface area contributed by atoms with Crippen LogP contribution in [0.25, 0.3) is 21.8 Å². The van der Waals surface area contributed by atoms with Gasteiger partial charge in [0.05, 0.1) is 29.7 Å². The number of ether oxygens (including phenoxy) is 3. The standard InChI is InChI=1S/C26H28N2O10/c1-2-12-14(8-18-20-13(5-6-27-18)15-7-11(30)3-4-17(15)28-20)16(24(34)35)10-36-25(12)38-26-23(33)22(32)21(31)19(9-29)37-26/h2-7,10,12,14,19,21-23,25-26,28-33H,1,8-9H2,(H,34,35)/t12-,14-,19+,21-,22-,23+,25-,26-/m0/s1. The van der Waals surface area contributed by atoms with Crippen molar-refractivity contribution in [1.29, 1.82) is 0 Å². The first-order valence-electron chi connectivity index (χ1n) is 12.0. The van der Waals surface area contributed by atoms with E-state index < -0.39 is 61.4 Å². The lowest BCUT2D eigenvalue weighted by Crippen LogP contribution is -2.60. The van der Waals surface area contributed by atoms with Gasteiger partial charge in [-0.2, -0.15) is 0 Å². The first-order chi connectivity index (χ1) is 18.2. The number of H-pyrrole nitrogens is 1. The Labute approximate surface area is 216 Å². The molecule has 4 heterocycles. The highest BCUT2D eigenvalue weighted by molar-refractivity contribution is 6.08. The van der Waals surface area contributed by atoms with Gasteiger partial charge in [0.2, 0.25) is 6.29 Å². The average Bonchev–Trinajstić information content (AvgIpc) is 3.27. The number of aliphatic hydroxyl groups is 4. The van der Waals surface area contributed by atoms with Gasteiger partial charge in [0.25, 0.3) is 0 Å². The van der Waals surface area contributed by atoms with E-state index in [4.69, 9.17) is 14.2 Å². The Balaban J connectivity index is 1.47. The van der Waals surface area contributed by atoms with Gasteiger partial charge in [0, 0.05) is 34.3 Å². The molecule has 2 aromatic heterocycles. The van der Waals surface area contributed by atoms with Gasteiger partial charge in [0.1, 0.15) is 30.2 Å². The van der Waals surface area contributed by atoms with E-state index in [0.29, 0.717) is 11.2 Å². The van der Waals surface area contributed by atoms with E-state index in [0.717, 1.165) is 22.6 Å². The fourth-order valence-corrected chi connectivity index (χ4v) is 5.11. The fraction of sp³-hybridized carbons (Fsp3) is 0.385. The average molecular weight is 529 g/mol. The van der Waals surface area contributed by atoms with E-state index in [9.17, 15) is 35.4 Å². The van der Waals surface area contributed by atoms with Crippen LogP contribution in [0.15, 0.2) is 55.0 Å². The third-order valence-corrected chi connectivity index (χ3v) is 7.14. The van der Waals surface area contributed by atoms with Crippen molar-refractivity contribution in [2.75, 3.05) is 6.61 Å². The third kappa shape index (κ3) is 4.51. The molecule has 1 aromatic carbocycles. The number of fused-ring (bicyclic) bond motifs is 3. The topological polar surface area (TPSA) is 195 Å². The van der Waals surface area contributed by atoms with Crippen LogP contribution in [0.1, 0.15) is 5.69 Å². The zero-order valence-electron chi connectivity index (χ0n) is 20.0. The first-order valence-corrected chi connectivity index (χ1v) is 12.0. The number of aliphatic carboxylic acids is 1. The molecule has 0 aliphatic carbocycles. The number of rotatable bonds is 7. The van der Waals surface area contributed by atoms with Crippen LogP contribution in [-0.2, 0) is 25.4 Å². The van der Waals surface area contributed by atoms with Crippen molar-refractivity contribution < 1.29 is 49.6 Å². The minimum absolute atomic E-state index is 0.0453. The van der Waals surface area contributed by atoms with E-state index in [2.05, 4.69) is 16.5 Å². The second-order valence-electron chi connectivity index (χ2n) is 9.37. The number of benzene rings is 1. The lowest BCUT2D eigenvalue weighted by Gasteiger charge is -2.43. The number of phenols is 1. The Morgan fingerprint density at radius 2 is 1.92 bits per heavy atom. The lowest BCUT2D eigenvalue weighted by atomic mass is 9.80. The lowest BCUT2D eigenvalue weighted by molar-refractivity contribution is -0.339. The summed E-state index contributed by atoms with van der Waals surface area (Å²) in [6, 6.07) is 6.72. The number of carbonyl (C=O) groups is 1. The number of nitrogens with one attached hydrogen (secondary N) is 1. The summed E-state index contributed by atoms with van der Waals surface area (Å²) in [4.78, 5) is 19.9. The van der Waals surface area contributed by atoms with Crippen LogP contribution in [0.3, 0.4) is 0 Å². The molecule has 1 saturated heterocycles. The minimum Gasteiger partial charge on any atom is -0.508 e. The molecular weight excluding hydrogens is 500 g/mol. The van der Waals surface area contributed by atoms with Gasteiger partial charge in [-0.05, 0) is 30.7 Å². The van der Waals surface area contributed by atoms with E-state index in [1.807, 2.05) is 0 Å². The van der Waals surface area contributed by atoms with E-state index in [1.54, 1.807) is 30.5 Å². The molecule has 8 atom stereocenters. The van der Waals surface area contributed by atoms with Crippen molar-refractivity contribution in [2.24, 2.45) is 11.8 Å². The summed E-state index contributed by atoms with van der Waals surface area (Å²) in [6.07, 6.45) is -4.45. The highest BCUT2D eigenvalue weighted by atomic mass is 16.8. The summed E-state index contributed by atoms with van der Waals surface area (Å²) in [6.45, 7) is 3.19. The van der Waals surface area contributed by atoms with E-state index in [1.165, 1.54) is 6.08 Å². The number of hydrogen-bond donors (Lipinski definition) is 7. The van der Waals surface area contributed by atoms with Crippen molar-refractivity contribution in [3.05, 3.63) is 60.6 Å². The Morgan fingerprint density at radius 3 is 2.63 bits per heavy atom. The SMILES string of the molecule is C=C[C@@H]1[C@H](O[C@@H]2O[C@H](CO)[C@H](O)[C@H](O)[C@H]2O)OC=C(C(=O)O)[C@H]1Cc1nccc2c1[nH]c1ccc(O)cc12. The van der Waals surface area contributed by atoms with Crippen molar-refractivity contribution in [3.63, 3.8) is 0 Å². The predicted octanol–water partition coefficient (Wildman–Crippen LogP) is 0.524. The maximum atomic E-state index is 12.1. The van der Waals surface area contributed by atoms with Gasteiger partial charge in [-0.15, -0.1) is 6.58 Å². The van der Waals surface area contributed by atoms with Crippen LogP contribution in [-0.4, -0.2) is 90.2 Å². The number of aliphatic hydroxyl groups excluding tert-OH is 4. The molecule has 12 nitrogen and oxygen atoms in total. The number of nitrogens with zero attached hydrogens (tertiary/aromatic N) is 1. The molecule has 2 aliphatic rings. The summed E-state index contributed by atoms with van der Waals surface area (Å²) >= 11 is 0. The van der Waals surface area contributed by atoms with Gasteiger partial charge in [-0.25, -0.2) is 4.79 Å². The fourth-order valence-electron chi connectivity index (χ4n) is 5.11. The molecule has 0 spiro atoms. The molecule has 7 N–H and O–H groups in total. The number of phenolic OH excluding ortho intramolecular Hbond substituents is 1. The molecule has 1 fully saturated rings. The molecule has 2 aliphatic heterocycles. The zero-order valence-corrected chi connectivity index (χ0v) is 20.0. The molecule has 202 valence electrons. The van der Waals surface area contributed by atoms with Crippen LogP contribution in [0.5, 0.6) is 5.75 Å². The molecule has 12 heteroatoms. The number of carboxylic acids is 1. The smallest absolute Gasteiger partial charge is 0.335 e. The summed E-state index contributed by atoms with van der Waals surface area (Å²) < 4.78 is 16.8. The highest BCUT2D eigenvalue weighted by Gasteiger charge is 2.47. The van der Waals surface area contributed by atoms with Crippen molar-refractivity contribution in [3.8, 4) is 5.75 Å². The molecule has 38 heavy (non-hydrogen) atoms. The van der Waals surface area contributed by atoms with E-state index >= 15 is 0 Å². The maximum Gasteiger partial charge on any atom is 0.335 e. The van der Waals surface area contributed by atoms with Crippen molar-refractivity contribution in [2.45, 2.75) is 43.4 Å². The van der Waals surface area contributed by atoms with Crippen LogP contribution in [0.2, 0.25) is 0 Å². The molecule has 3 aromatic rings. The van der Waals surface area contributed by atoms with Crippen molar-refractivity contribution >= 4 is 27.8 Å². The quantitative estimate of drug-likeness (QED) is 0.211. The molecule has 0 unspecified atom stereocenters. The Bertz CT molecular complexity index is 1390. The second kappa shape index (κ2) is 10.3. The Kier molecular flexibility index (Phi) is 7.09. The summed E-state index contributed by atoms with van der Waals surface area (Å²) in [5, 5.41) is 61.4. The van der Waals surface area contributed by atoms with Gasteiger partial charge in [-0.3, -0.25) is 4.98 Å². The van der Waals surface area contributed by atoms with Gasteiger partial charge in [0.15, 0.2) is 6.29 Å². The summed E-state index contributed by atoms with van der Waals surface area (Å²) in [7, 11) is 0. The van der Waals surface area contributed by atoms with Crippen LogP contribution < -0.4 is 0 Å². The highest BCUT2D eigenvalue weighted by Crippen LogP contribution is 2.38. The number of hydrogen-bond acceptors (Lipinski definition) is 10. The predicted molar refractivity (Wildman–Crippen MR) is 132 cm³/mol. The molecule has 0 saturated carbocycles. The number of carboxylic acid groups (broad SMARTS) is 1. The molecule has 0 bridgehead atoms. The molecule has 0 amide bonds. The molecular formula is C26H28N2O10. The summed E-state index contributed by atoms with van der Waals surface area (Å²) in [5.41, 5.74) is 1.97. The Hall–Kier alpha value is -3.52. The Morgan fingerprint density at radius 1 is 1.13 bits per heavy atom. The summed E-state index contributed by atoms with van der Waals surface area (Å²) in [5.74, 6) is -2.59. The molecule has 5 rings (SSSR count). The first kappa shape index (κ1) is 26.1. The minimum atomic E-state index is -1.66. The van der Waals surface area contributed by atoms with E-state index in [-0.39, 0.29) is 17.7 Å². The zero-order chi connectivity index (χ0) is 27.1. The normalized spacial score (nSPS) is 31.6. The largest absolute Gasteiger partial charge is 0.508 e. The van der Waals surface area contributed by atoms with Gasteiger partial charge < -0.3 is 49.8 Å². The monoisotopic (exact) mass is 528 g/mol. The maximum absolute atomic E-state index is 12.1. The number of pyridine rings is 1. The third-order valence-electron chi connectivity index (χ3n) is 7.14. The number of aromatic nitrogens is 2. The van der Waals surface area contributed by atoms with Crippen LogP contribution in [0.4, 0.5) is 0 Å². The van der Waals surface area contributed by atoms with Gasteiger partial charge >= 0.3 is 5.97 Å². The van der Waals surface area contributed by atoms with Crippen LogP contribution in [0, 0.1) is 11.8 Å². The molecule has 0 radical (unpaired) electrons.